The van der Waals surface area contributed by atoms with Crippen LogP contribution in [0.5, 0.6) is 11.5 Å². The van der Waals surface area contributed by atoms with Crippen LogP contribution in [0.4, 0.5) is 0 Å². The van der Waals surface area contributed by atoms with Crippen LogP contribution in [-0.4, -0.2) is 74.6 Å². The molecule has 2 fully saturated rings. The van der Waals surface area contributed by atoms with Crippen molar-refractivity contribution in [3.05, 3.63) is 59.7 Å². The molecule has 2 aliphatic heterocycles. The van der Waals surface area contributed by atoms with Gasteiger partial charge in [0.1, 0.15) is 0 Å². The normalized spacial score (nSPS) is 17.6. The minimum absolute atomic E-state index is 0.0826. The molecule has 2 aliphatic rings. The smallest absolute Gasteiger partial charge is 0.226 e. The van der Waals surface area contributed by atoms with Crippen molar-refractivity contribution >= 4 is 11.8 Å². The van der Waals surface area contributed by atoms with Crippen LogP contribution < -0.4 is 14.8 Å². The Morgan fingerprint density at radius 3 is 2.22 bits per heavy atom. The molecule has 0 radical (unpaired) electrons. The average molecular weight is 494 g/mol. The first-order valence-corrected chi connectivity index (χ1v) is 13.1. The summed E-state index contributed by atoms with van der Waals surface area (Å²) in [7, 11) is 3.25. The zero-order valence-electron chi connectivity index (χ0n) is 21.6. The number of nitrogens with zero attached hydrogens (tertiary/aromatic N) is 2. The standard InChI is InChI=1S/C29H39N3O4/c1-35-26-9-8-23(20-27(26)36-2)10-15-30-29(34)24-11-16-31(17-12-24)25-13-18-32(19-14-25)28(33)21-22-6-4-3-5-7-22/h3-9,20,24-25H,10-19,21H2,1-2H3,(H,30,34). The Bertz CT molecular complexity index is 997. The molecule has 2 heterocycles. The minimum atomic E-state index is 0.0826. The Morgan fingerprint density at radius 1 is 0.861 bits per heavy atom. The number of nitrogens with one attached hydrogen (secondary N) is 1. The van der Waals surface area contributed by atoms with Crippen molar-refractivity contribution in [2.75, 3.05) is 46.9 Å². The molecule has 36 heavy (non-hydrogen) atoms. The molecule has 2 aromatic rings. The molecule has 0 atom stereocenters. The molecule has 0 bridgehead atoms. The lowest BCUT2D eigenvalue weighted by atomic mass is 9.92. The van der Waals surface area contributed by atoms with Gasteiger partial charge in [0, 0.05) is 31.6 Å². The molecule has 0 aliphatic carbocycles. The molecule has 1 N–H and O–H groups in total. The fourth-order valence-electron chi connectivity index (χ4n) is 5.40. The van der Waals surface area contributed by atoms with Gasteiger partial charge in [0.25, 0.3) is 0 Å². The molecule has 7 nitrogen and oxygen atoms in total. The summed E-state index contributed by atoms with van der Waals surface area (Å²) in [6, 6.07) is 16.4. The molecular weight excluding hydrogens is 454 g/mol. The van der Waals surface area contributed by atoms with Crippen molar-refractivity contribution in [1.29, 1.82) is 0 Å². The van der Waals surface area contributed by atoms with Gasteiger partial charge in [-0.25, -0.2) is 0 Å². The summed E-state index contributed by atoms with van der Waals surface area (Å²) >= 11 is 0. The summed E-state index contributed by atoms with van der Waals surface area (Å²) in [6.07, 6.45) is 5.07. The van der Waals surface area contributed by atoms with Crippen molar-refractivity contribution in [1.82, 2.24) is 15.1 Å². The Hall–Kier alpha value is -3.06. The maximum absolute atomic E-state index is 12.7. The van der Waals surface area contributed by atoms with Crippen molar-refractivity contribution in [3.63, 3.8) is 0 Å². The number of hydrogen-bond donors (Lipinski definition) is 1. The van der Waals surface area contributed by atoms with E-state index in [0.29, 0.717) is 30.5 Å². The van der Waals surface area contributed by atoms with E-state index in [1.807, 2.05) is 53.4 Å². The van der Waals surface area contributed by atoms with Crippen LogP contribution >= 0.6 is 0 Å². The van der Waals surface area contributed by atoms with Crippen LogP contribution in [0.25, 0.3) is 0 Å². The van der Waals surface area contributed by atoms with Crippen LogP contribution in [0.15, 0.2) is 48.5 Å². The van der Waals surface area contributed by atoms with Gasteiger partial charge in [-0.3, -0.25) is 9.59 Å². The predicted molar refractivity (Wildman–Crippen MR) is 140 cm³/mol. The summed E-state index contributed by atoms with van der Waals surface area (Å²) in [5.74, 6) is 1.89. The van der Waals surface area contributed by atoms with E-state index in [9.17, 15) is 9.59 Å². The number of methoxy groups -OCH3 is 2. The molecule has 2 saturated heterocycles. The lowest BCUT2D eigenvalue weighted by Crippen LogP contribution is -2.50. The van der Waals surface area contributed by atoms with Gasteiger partial charge in [-0.1, -0.05) is 36.4 Å². The van der Waals surface area contributed by atoms with Gasteiger partial charge in [-0.2, -0.15) is 0 Å². The molecule has 7 heteroatoms. The fourth-order valence-corrected chi connectivity index (χ4v) is 5.40. The minimum Gasteiger partial charge on any atom is -0.493 e. The number of carbonyl (C=O) groups is 2. The van der Waals surface area contributed by atoms with E-state index in [-0.39, 0.29) is 17.7 Å². The number of ether oxygens (including phenoxy) is 2. The van der Waals surface area contributed by atoms with Gasteiger partial charge in [0.05, 0.1) is 20.6 Å². The third kappa shape index (κ3) is 6.78. The van der Waals surface area contributed by atoms with E-state index in [1.54, 1.807) is 14.2 Å². The summed E-state index contributed by atoms with van der Waals surface area (Å²) in [6.45, 7) is 4.18. The van der Waals surface area contributed by atoms with E-state index >= 15 is 0 Å². The Balaban J connectivity index is 1.15. The summed E-state index contributed by atoms with van der Waals surface area (Å²) in [5.41, 5.74) is 2.19. The first-order valence-electron chi connectivity index (χ1n) is 13.1. The molecule has 2 aromatic carbocycles. The number of benzene rings is 2. The third-order valence-corrected chi connectivity index (χ3v) is 7.59. The monoisotopic (exact) mass is 493 g/mol. The lowest BCUT2D eigenvalue weighted by Gasteiger charge is -2.41. The average Bonchev–Trinajstić information content (AvgIpc) is 2.93. The first-order chi connectivity index (χ1) is 17.6. The van der Waals surface area contributed by atoms with E-state index in [0.717, 1.165) is 69.4 Å². The van der Waals surface area contributed by atoms with E-state index in [1.165, 1.54) is 0 Å². The topological polar surface area (TPSA) is 71.1 Å². The van der Waals surface area contributed by atoms with Crippen LogP contribution in [0.2, 0.25) is 0 Å². The van der Waals surface area contributed by atoms with Crippen molar-refractivity contribution in [3.8, 4) is 11.5 Å². The Labute approximate surface area is 214 Å². The van der Waals surface area contributed by atoms with E-state index < -0.39 is 0 Å². The zero-order valence-corrected chi connectivity index (χ0v) is 21.6. The predicted octanol–water partition coefficient (Wildman–Crippen LogP) is 3.31. The molecule has 0 spiro atoms. The van der Waals surface area contributed by atoms with Gasteiger partial charge < -0.3 is 24.6 Å². The second-order valence-corrected chi connectivity index (χ2v) is 9.81. The van der Waals surface area contributed by atoms with E-state index in [2.05, 4.69) is 10.2 Å². The summed E-state index contributed by atoms with van der Waals surface area (Å²) in [5, 5.41) is 3.13. The lowest BCUT2D eigenvalue weighted by molar-refractivity contribution is -0.132. The quantitative estimate of drug-likeness (QED) is 0.580. The number of hydrogen-bond acceptors (Lipinski definition) is 5. The Morgan fingerprint density at radius 2 is 1.56 bits per heavy atom. The van der Waals surface area contributed by atoms with Crippen molar-refractivity contribution in [2.45, 2.75) is 44.6 Å². The zero-order chi connectivity index (χ0) is 25.3. The maximum atomic E-state index is 12.7. The number of amides is 2. The Kier molecular flexibility index (Phi) is 9.23. The highest BCUT2D eigenvalue weighted by molar-refractivity contribution is 5.79. The maximum Gasteiger partial charge on any atom is 0.226 e. The van der Waals surface area contributed by atoms with Gasteiger partial charge in [0.15, 0.2) is 11.5 Å². The van der Waals surface area contributed by atoms with Gasteiger partial charge in [-0.15, -0.1) is 0 Å². The second-order valence-electron chi connectivity index (χ2n) is 9.81. The van der Waals surface area contributed by atoms with Crippen molar-refractivity contribution in [2.24, 2.45) is 5.92 Å². The number of carbonyl (C=O) groups excluding carboxylic acids is 2. The van der Waals surface area contributed by atoms with E-state index in [4.69, 9.17) is 9.47 Å². The summed E-state index contributed by atoms with van der Waals surface area (Å²) < 4.78 is 10.7. The second kappa shape index (κ2) is 12.8. The molecule has 194 valence electrons. The largest absolute Gasteiger partial charge is 0.493 e. The van der Waals surface area contributed by atoms with Crippen molar-refractivity contribution < 1.29 is 19.1 Å². The van der Waals surface area contributed by atoms with Gasteiger partial charge >= 0.3 is 0 Å². The van der Waals surface area contributed by atoms with Gasteiger partial charge in [-0.05, 0) is 68.5 Å². The highest BCUT2D eigenvalue weighted by atomic mass is 16.5. The molecule has 2 amide bonds. The number of likely N-dealkylation sites (tertiary alicyclic amines) is 2. The molecule has 0 aromatic heterocycles. The molecule has 4 rings (SSSR count). The fraction of sp³-hybridized carbons (Fsp3) is 0.517. The molecular formula is C29H39N3O4. The van der Waals surface area contributed by atoms with Crippen LogP contribution in [-0.2, 0) is 22.4 Å². The molecule has 0 saturated carbocycles. The van der Waals surface area contributed by atoms with Gasteiger partial charge in [0.2, 0.25) is 11.8 Å². The number of rotatable bonds is 9. The van der Waals surface area contributed by atoms with Crippen LogP contribution in [0.3, 0.4) is 0 Å². The highest BCUT2D eigenvalue weighted by Crippen LogP contribution is 2.28. The number of piperidine rings is 2. The first kappa shape index (κ1) is 26.0. The summed E-state index contributed by atoms with van der Waals surface area (Å²) in [4.78, 5) is 30.0. The highest BCUT2D eigenvalue weighted by Gasteiger charge is 2.31. The van der Waals surface area contributed by atoms with Crippen LogP contribution in [0.1, 0.15) is 36.8 Å². The molecule has 0 unspecified atom stereocenters. The third-order valence-electron chi connectivity index (χ3n) is 7.59. The SMILES string of the molecule is COc1ccc(CCNC(=O)C2CCN(C3CCN(C(=O)Cc4ccccc4)CC3)CC2)cc1OC. The van der Waals surface area contributed by atoms with Crippen LogP contribution in [0, 0.1) is 5.92 Å².